The number of nitrogens with one attached hydrogen (secondary N) is 1. The molecule has 3 N–H and O–H groups in total. The summed E-state index contributed by atoms with van der Waals surface area (Å²) in [5.74, 6) is -0.693. The molecule has 2 aromatic carbocycles. The number of carbonyl (C=O) groups is 2. The van der Waals surface area contributed by atoms with Crippen LogP contribution in [0.5, 0.6) is 0 Å². The van der Waals surface area contributed by atoms with Gasteiger partial charge < -0.3 is 20.5 Å². The predicted molar refractivity (Wildman–Crippen MR) is 133 cm³/mol. The lowest BCUT2D eigenvalue weighted by Gasteiger charge is -2.15. The van der Waals surface area contributed by atoms with Gasteiger partial charge in [-0.1, -0.05) is 12.1 Å². The Kier molecular flexibility index (Phi) is 5.52. The average molecular weight is 469 g/mol. The molecule has 0 saturated carbocycles. The number of benzene rings is 2. The van der Waals surface area contributed by atoms with Gasteiger partial charge in [0.15, 0.2) is 5.65 Å². The Hall–Kier alpha value is -4.53. The van der Waals surface area contributed by atoms with Crippen LogP contribution in [0.4, 0.5) is 11.6 Å². The normalized spacial score (nSPS) is 12.4. The number of nitrogens with zero attached hydrogens (tertiary/aromatic N) is 4. The molecule has 0 spiro atoms. The van der Waals surface area contributed by atoms with Crippen molar-refractivity contribution in [3.63, 3.8) is 0 Å². The Balaban J connectivity index is 1.63. The topological polar surface area (TPSA) is 123 Å². The minimum atomic E-state index is -0.809. The van der Waals surface area contributed by atoms with Crippen molar-refractivity contribution in [2.45, 2.75) is 19.3 Å². The Bertz CT molecular complexity index is 1560. The molecule has 2 amide bonds. The highest BCUT2D eigenvalue weighted by atomic mass is 16.2. The number of aryl methyl sites for hydroxylation is 2. The molecule has 0 fully saturated rings. The predicted octanol–water partition coefficient (Wildman–Crippen LogP) is 2.81. The van der Waals surface area contributed by atoms with Crippen molar-refractivity contribution in [2.24, 2.45) is 5.73 Å². The maximum Gasteiger partial charge on any atom is 0.254 e. The zero-order valence-corrected chi connectivity index (χ0v) is 19.4. The van der Waals surface area contributed by atoms with Crippen LogP contribution in [0, 0.1) is 0 Å². The summed E-state index contributed by atoms with van der Waals surface area (Å²) in [6.45, 7) is 0. The molecule has 0 bridgehead atoms. The third-order valence-corrected chi connectivity index (χ3v) is 6.14. The molecule has 9 heteroatoms. The molecule has 0 saturated heterocycles. The first kappa shape index (κ1) is 22.3. The molecule has 35 heavy (non-hydrogen) atoms. The van der Waals surface area contributed by atoms with Crippen LogP contribution in [-0.4, -0.2) is 45.3 Å². The van der Waals surface area contributed by atoms with E-state index in [4.69, 9.17) is 5.73 Å². The van der Waals surface area contributed by atoms with Gasteiger partial charge in [-0.05, 0) is 60.7 Å². The average Bonchev–Trinajstić information content (AvgIpc) is 3.31. The van der Waals surface area contributed by atoms with Gasteiger partial charge in [0.2, 0.25) is 11.4 Å². The van der Waals surface area contributed by atoms with Crippen molar-refractivity contribution >= 4 is 34.5 Å². The third-order valence-electron chi connectivity index (χ3n) is 6.14. The van der Waals surface area contributed by atoms with Gasteiger partial charge in [-0.3, -0.25) is 14.4 Å². The fourth-order valence-corrected chi connectivity index (χ4v) is 4.37. The number of carbonyl (C=O) groups excluding carboxylic acids is 2. The van der Waals surface area contributed by atoms with Crippen LogP contribution in [-0.2, 0) is 12.8 Å². The smallest absolute Gasteiger partial charge is 0.254 e. The zero-order chi connectivity index (χ0) is 24.7. The lowest BCUT2D eigenvalue weighted by molar-refractivity contribution is 0.0827. The van der Waals surface area contributed by atoms with Gasteiger partial charge in [-0.25, -0.2) is 4.98 Å². The van der Waals surface area contributed by atoms with Gasteiger partial charge in [0, 0.05) is 43.4 Å². The summed E-state index contributed by atoms with van der Waals surface area (Å²) in [7, 11) is 3.38. The van der Waals surface area contributed by atoms with Crippen LogP contribution in [0.15, 0.2) is 59.7 Å². The molecule has 0 radical (unpaired) electrons. The van der Waals surface area contributed by atoms with E-state index in [2.05, 4.69) is 27.4 Å². The molecule has 2 heterocycles. The number of nitrogens with two attached hydrogens (primary N) is 1. The van der Waals surface area contributed by atoms with Crippen LogP contribution in [0.25, 0.3) is 16.7 Å². The maximum atomic E-state index is 12.9. The second-order valence-electron chi connectivity index (χ2n) is 8.75. The van der Waals surface area contributed by atoms with Gasteiger partial charge in [0.05, 0.1) is 5.39 Å². The molecule has 5 rings (SSSR count). The van der Waals surface area contributed by atoms with Crippen LogP contribution in [0.3, 0.4) is 0 Å². The Morgan fingerprint density at radius 3 is 2.66 bits per heavy atom. The summed E-state index contributed by atoms with van der Waals surface area (Å²) in [6.07, 6.45) is 5.95. The molecule has 176 valence electrons. The number of anilines is 2. The summed E-state index contributed by atoms with van der Waals surface area (Å²) in [4.78, 5) is 47.6. The number of rotatable bonds is 5. The number of hydrogen-bond acceptors (Lipinski definition) is 6. The third kappa shape index (κ3) is 4.12. The number of pyridine rings is 1. The highest BCUT2D eigenvalue weighted by Gasteiger charge is 2.18. The molecular formula is C26H24N6O3. The van der Waals surface area contributed by atoms with Gasteiger partial charge in [0.25, 0.3) is 11.8 Å². The fraction of sp³-hybridized carbons (Fsp3) is 0.192. The molecule has 4 aromatic rings. The molecule has 0 atom stereocenters. The minimum absolute atomic E-state index is 0.127. The van der Waals surface area contributed by atoms with Gasteiger partial charge in [0.1, 0.15) is 5.56 Å². The number of primary amides is 1. The van der Waals surface area contributed by atoms with Crippen LogP contribution >= 0.6 is 0 Å². The number of aromatic nitrogens is 3. The molecule has 9 nitrogen and oxygen atoms in total. The van der Waals surface area contributed by atoms with E-state index in [9.17, 15) is 14.4 Å². The van der Waals surface area contributed by atoms with Gasteiger partial charge >= 0.3 is 0 Å². The van der Waals surface area contributed by atoms with Crippen molar-refractivity contribution in [2.75, 3.05) is 19.4 Å². The Morgan fingerprint density at radius 1 is 1.09 bits per heavy atom. The van der Waals surface area contributed by atoms with Crippen molar-refractivity contribution in [3.05, 3.63) is 87.3 Å². The molecule has 0 aliphatic heterocycles. The van der Waals surface area contributed by atoms with E-state index in [-0.39, 0.29) is 22.8 Å². The van der Waals surface area contributed by atoms with E-state index in [1.165, 1.54) is 28.4 Å². The summed E-state index contributed by atoms with van der Waals surface area (Å²) in [5.41, 5.74) is 9.66. The Morgan fingerprint density at radius 2 is 1.89 bits per heavy atom. The monoisotopic (exact) mass is 468 g/mol. The first-order valence-electron chi connectivity index (χ1n) is 11.2. The van der Waals surface area contributed by atoms with Gasteiger partial charge in [-0.15, -0.1) is 0 Å². The SMILES string of the molecule is CN(C)C(=O)c1cccc(Nc2ncc3c(=O)c(C(N)=O)cn(-c4ccc5c(c4)CCC5)c3n2)c1. The maximum absolute atomic E-state index is 12.9. The molecule has 1 aliphatic rings. The number of amides is 2. The molecule has 0 unspecified atom stereocenters. The standard InChI is InChI=1S/C26H24N6O3/c1-31(2)25(35)17-7-4-8-18(11-17)29-26-28-13-20-22(33)21(23(27)34)14-32(24(20)30-26)19-10-9-15-5-3-6-16(15)12-19/h4,7-14H,3,5-6H2,1-2H3,(H2,27,34)(H,28,29,30). The number of fused-ring (bicyclic) bond motifs is 2. The first-order valence-corrected chi connectivity index (χ1v) is 11.2. The van der Waals surface area contributed by atoms with E-state index in [1.54, 1.807) is 42.9 Å². The van der Waals surface area contributed by atoms with E-state index < -0.39 is 11.3 Å². The molecule has 1 aliphatic carbocycles. The van der Waals surface area contributed by atoms with Crippen molar-refractivity contribution in [3.8, 4) is 5.69 Å². The van der Waals surface area contributed by atoms with Crippen LogP contribution in [0.2, 0.25) is 0 Å². The largest absolute Gasteiger partial charge is 0.365 e. The minimum Gasteiger partial charge on any atom is -0.365 e. The quantitative estimate of drug-likeness (QED) is 0.464. The first-order chi connectivity index (χ1) is 16.8. The lowest BCUT2D eigenvalue weighted by Crippen LogP contribution is -2.24. The number of hydrogen-bond donors (Lipinski definition) is 2. The summed E-state index contributed by atoms with van der Waals surface area (Å²) in [6, 6.07) is 13.1. The van der Waals surface area contributed by atoms with E-state index in [0.29, 0.717) is 16.9 Å². The van der Waals surface area contributed by atoms with Crippen LogP contribution in [0.1, 0.15) is 38.3 Å². The van der Waals surface area contributed by atoms with E-state index >= 15 is 0 Å². The summed E-state index contributed by atoms with van der Waals surface area (Å²) >= 11 is 0. The van der Waals surface area contributed by atoms with Crippen molar-refractivity contribution in [1.29, 1.82) is 0 Å². The highest BCUT2D eigenvalue weighted by molar-refractivity contribution is 5.96. The second-order valence-corrected chi connectivity index (χ2v) is 8.75. The summed E-state index contributed by atoms with van der Waals surface area (Å²) < 4.78 is 1.70. The van der Waals surface area contributed by atoms with E-state index in [1.807, 2.05) is 6.07 Å². The van der Waals surface area contributed by atoms with Gasteiger partial charge in [-0.2, -0.15) is 4.98 Å². The molecular weight excluding hydrogens is 444 g/mol. The second kappa shape index (κ2) is 8.68. The highest BCUT2D eigenvalue weighted by Crippen LogP contribution is 2.26. The van der Waals surface area contributed by atoms with E-state index in [0.717, 1.165) is 24.9 Å². The van der Waals surface area contributed by atoms with Crippen molar-refractivity contribution in [1.82, 2.24) is 19.4 Å². The Labute approximate surface area is 201 Å². The summed E-state index contributed by atoms with van der Waals surface area (Å²) in [5, 5.41) is 3.29. The zero-order valence-electron chi connectivity index (χ0n) is 19.4. The lowest BCUT2D eigenvalue weighted by atomic mass is 10.1. The molecule has 2 aromatic heterocycles. The fourth-order valence-electron chi connectivity index (χ4n) is 4.37. The van der Waals surface area contributed by atoms with Crippen molar-refractivity contribution < 1.29 is 9.59 Å². The van der Waals surface area contributed by atoms with Crippen LogP contribution < -0.4 is 16.5 Å².